The zero-order chi connectivity index (χ0) is 17.1. The van der Waals surface area contributed by atoms with Crippen LogP contribution >= 0.6 is 11.6 Å². The number of halogens is 1. The number of amides is 1. The minimum absolute atomic E-state index is 0.167. The molecular formula is C16H15ClN4O3. The Labute approximate surface area is 142 Å². The van der Waals surface area contributed by atoms with Gasteiger partial charge < -0.3 is 14.8 Å². The maximum absolute atomic E-state index is 12.4. The molecular weight excluding hydrogens is 332 g/mol. The number of nitrogens with zero attached hydrogens (tertiary/aromatic N) is 3. The van der Waals surface area contributed by atoms with Crippen molar-refractivity contribution in [3.05, 3.63) is 64.8 Å². The van der Waals surface area contributed by atoms with Gasteiger partial charge in [-0.1, -0.05) is 17.7 Å². The van der Waals surface area contributed by atoms with E-state index in [1.54, 1.807) is 43.3 Å². The number of aliphatic hydroxyl groups is 1. The average Bonchev–Trinajstić information content (AvgIpc) is 3.22. The first-order chi connectivity index (χ1) is 11.6. The molecule has 0 aliphatic rings. The van der Waals surface area contributed by atoms with Crippen LogP contribution in [0, 0.1) is 6.92 Å². The van der Waals surface area contributed by atoms with Crippen LogP contribution in [0.5, 0.6) is 0 Å². The zero-order valence-electron chi connectivity index (χ0n) is 12.8. The smallest absolute Gasteiger partial charge is 0.274 e. The van der Waals surface area contributed by atoms with Gasteiger partial charge in [-0.15, -0.1) is 5.10 Å². The van der Waals surface area contributed by atoms with Gasteiger partial charge in [-0.3, -0.25) is 4.79 Å². The molecule has 7 nitrogen and oxygen atoms in total. The number of aryl methyl sites for hydroxylation is 1. The van der Waals surface area contributed by atoms with E-state index in [0.29, 0.717) is 22.2 Å². The number of nitrogens with one attached hydrogen (secondary N) is 1. The maximum atomic E-state index is 12.4. The molecule has 0 aliphatic heterocycles. The molecule has 0 bridgehead atoms. The third-order valence-electron chi connectivity index (χ3n) is 3.41. The second-order valence-electron chi connectivity index (χ2n) is 5.13. The lowest BCUT2D eigenvalue weighted by atomic mass is 10.2. The van der Waals surface area contributed by atoms with E-state index in [9.17, 15) is 9.90 Å². The molecule has 1 aromatic carbocycles. The Morgan fingerprint density at radius 2 is 2.21 bits per heavy atom. The van der Waals surface area contributed by atoms with Gasteiger partial charge in [-0.2, -0.15) is 9.90 Å². The third-order valence-corrected chi connectivity index (χ3v) is 3.65. The van der Waals surface area contributed by atoms with Crippen LogP contribution in [0.2, 0.25) is 5.02 Å². The van der Waals surface area contributed by atoms with Gasteiger partial charge in [-0.25, -0.2) is 0 Å². The van der Waals surface area contributed by atoms with Crippen LogP contribution in [-0.2, 0) is 0 Å². The highest BCUT2D eigenvalue weighted by Crippen LogP contribution is 2.16. The molecule has 8 heteroatoms. The van der Waals surface area contributed by atoms with Crippen molar-refractivity contribution in [2.75, 3.05) is 6.61 Å². The van der Waals surface area contributed by atoms with E-state index in [1.807, 2.05) is 0 Å². The van der Waals surface area contributed by atoms with Crippen LogP contribution in [0.4, 0.5) is 0 Å². The summed E-state index contributed by atoms with van der Waals surface area (Å²) in [6, 6.07) is 9.71. The summed E-state index contributed by atoms with van der Waals surface area (Å²) >= 11 is 5.96. The Balaban J connectivity index is 1.83. The highest BCUT2D eigenvalue weighted by Gasteiger charge is 2.22. The number of carbonyl (C=O) groups excluding carboxylic acids is 1. The van der Waals surface area contributed by atoms with E-state index < -0.39 is 11.9 Å². The highest BCUT2D eigenvalue weighted by molar-refractivity contribution is 6.30. The van der Waals surface area contributed by atoms with Gasteiger partial charge in [0.15, 0.2) is 5.69 Å². The number of furan rings is 1. The van der Waals surface area contributed by atoms with Crippen LogP contribution in [0.1, 0.15) is 28.0 Å². The number of hydrogen-bond donors (Lipinski definition) is 2. The highest BCUT2D eigenvalue weighted by atomic mass is 35.5. The molecule has 1 atom stereocenters. The van der Waals surface area contributed by atoms with Gasteiger partial charge in [0.2, 0.25) is 0 Å². The number of aromatic nitrogens is 3. The summed E-state index contributed by atoms with van der Waals surface area (Å²) in [5.74, 6) is 0.0157. The molecule has 124 valence electrons. The second-order valence-corrected chi connectivity index (χ2v) is 5.56. The number of aliphatic hydroxyl groups excluding tert-OH is 1. The lowest BCUT2D eigenvalue weighted by molar-refractivity contribution is 0.0901. The molecule has 24 heavy (non-hydrogen) atoms. The number of carbonyl (C=O) groups is 1. The van der Waals surface area contributed by atoms with Crippen molar-refractivity contribution in [1.82, 2.24) is 20.3 Å². The molecule has 2 N–H and O–H groups in total. The summed E-state index contributed by atoms with van der Waals surface area (Å²) < 4.78 is 5.21. The van der Waals surface area contributed by atoms with Crippen molar-refractivity contribution in [2.45, 2.75) is 13.0 Å². The first-order valence-corrected chi connectivity index (χ1v) is 7.61. The van der Waals surface area contributed by atoms with Gasteiger partial charge in [0.05, 0.1) is 24.3 Å². The summed E-state index contributed by atoms with van der Waals surface area (Å²) in [5, 5.41) is 21.1. The zero-order valence-corrected chi connectivity index (χ0v) is 13.6. The predicted octanol–water partition coefficient (Wildman–Crippen LogP) is 2.29. The van der Waals surface area contributed by atoms with Crippen molar-refractivity contribution < 1.29 is 14.3 Å². The van der Waals surface area contributed by atoms with E-state index in [0.717, 1.165) is 0 Å². The van der Waals surface area contributed by atoms with Crippen molar-refractivity contribution in [1.29, 1.82) is 0 Å². The van der Waals surface area contributed by atoms with Crippen LogP contribution in [-0.4, -0.2) is 32.6 Å². The summed E-state index contributed by atoms with van der Waals surface area (Å²) in [4.78, 5) is 13.8. The van der Waals surface area contributed by atoms with Gasteiger partial charge in [0, 0.05) is 5.02 Å². The minimum Gasteiger partial charge on any atom is -0.467 e. The van der Waals surface area contributed by atoms with E-state index in [2.05, 4.69) is 15.5 Å². The Kier molecular flexibility index (Phi) is 4.64. The molecule has 3 aromatic rings. The molecule has 0 fully saturated rings. The van der Waals surface area contributed by atoms with Crippen LogP contribution in [0.25, 0.3) is 5.69 Å². The summed E-state index contributed by atoms with van der Waals surface area (Å²) in [6.45, 7) is 1.39. The van der Waals surface area contributed by atoms with Crippen molar-refractivity contribution >= 4 is 17.5 Å². The molecule has 2 heterocycles. The number of hydrogen-bond acceptors (Lipinski definition) is 5. The standard InChI is InChI=1S/C16H15ClN4O3/c1-10-15(16(23)18-13(9-22)14-6-3-7-24-14)20-21(19-10)12-5-2-4-11(17)8-12/h2-8,13,22H,9H2,1H3,(H,18,23). The largest absolute Gasteiger partial charge is 0.467 e. The van der Waals surface area contributed by atoms with E-state index >= 15 is 0 Å². The van der Waals surface area contributed by atoms with Gasteiger partial charge >= 0.3 is 0 Å². The molecule has 1 unspecified atom stereocenters. The van der Waals surface area contributed by atoms with Gasteiger partial charge in [0.25, 0.3) is 5.91 Å². The molecule has 0 spiro atoms. The molecule has 2 aromatic heterocycles. The first-order valence-electron chi connectivity index (χ1n) is 7.23. The summed E-state index contributed by atoms with van der Waals surface area (Å²) in [6.07, 6.45) is 1.48. The Hall–Kier alpha value is -2.64. The average molecular weight is 347 g/mol. The van der Waals surface area contributed by atoms with E-state index in [1.165, 1.54) is 11.1 Å². The van der Waals surface area contributed by atoms with Crippen molar-refractivity contribution in [3.8, 4) is 5.69 Å². The van der Waals surface area contributed by atoms with Crippen LogP contribution < -0.4 is 5.32 Å². The van der Waals surface area contributed by atoms with Crippen molar-refractivity contribution in [3.63, 3.8) is 0 Å². The molecule has 0 saturated heterocycles. The fourth-order valence-electron chi connectivity index (χ4n) is 2.23. The predicted molar refractivity (Wildman–Crippen MR) is 87.1 cm³/mol. The monoisotopic (exact) mass is 346 g/mol. The molecule has 0 saturated carbocycles. The number of benzene rings is 1. The number of rotatable bonds is 5. The van der Waals surface area contributed by atoms with E-state index in [-0.39, 0.29) is 12.3 Å². The quantitative estimate of drug-likeness (QED) is 0.739. The molecule has 0 radical (unpaired) electrons. The topological polar surface area (TPSA) is 93.2 Å². The van der Waals surface area contributed by atoms with Gasteiger partial charge in [-0.05, 0) is 37.3 Å². The van der Waals surface area contributed by atoms with E-state index in [4.69, 9.17) is 16.0 Å². The Bertz CT molecular complexity index is 845. The lowest BCUT2D eigenvalue weighted by Crippen LogP contribution is -2.31. The van der Waals surface area contributed by atoms with Gasteiger partial charge in [0.1, 0.15) is 11.8 Å². The second kappa shape index (κ2) is 6.86. The fourth-order valence-corrected chi connectivity index (χ4v) is 2.41. The Morgan fingerprint density at radius 1 is 1.38 bits per heavy atom. The van der Waals surface area contributed by atoms with Crippen LogP contribution in [0.3, 0.4) is 0 Å². The van der Waals surface area contributed by atoms with Crippen LogP contribution in [0.15, 0.2) is 47.1 Å². The summed E-state index contributed by atoms with van der Waals surface area (Å²) in [5.41, 5.74) is 1.28. The fraction of sp³-hybridized carbons (Fsp3) is 0.188. The van der Waals surface area contributed by atoms with Crippen molar-refractivity contribution in [2.24, 2.45) is 0 Å². The molecule has 1 amide bonds. The lowest BCUT2D eigenvalue weighted by Gasteiger charge is -2.12. The Morgan fingerprint density at radius 3 is 2.88 bits per heavy atom. The first kappa shape index (κ1) is 16.2. The molecule has 0 aliphatic carbocycles. The normalized spacial score (nSPS) is 12.1. The SMILES string of the molecule is Cc1nn(-c2cccc(Cl)c2)nc1C(=O)NC(CO)c1ccco1. The maximum Gasteiger partial charge on any atom is 0.274 e. The summed E-state index contributed by atoms with van der Waals surface area (Å²) in [7, 11) is 0. The third kappa shape index (κ3) is 3.32. The molecule has 3 rings (SSSR count). The minimum atomic E-state index is -0.650.